The smallest absolute Gasteiger partial charge is 0.268 e. The van der Waals surface area contributed by atoms with Gasteiger partial charge in [0.15, 0.2) is 0 Å². The molecule has 1 aromatic carbocycles. The van der Waals surface area contributed by atoms with Gasteiger partial charge in [0.25, 0.3) is 5.91 Å². The Balaban J connectivity index is 2.44. The van der Waals surface area contributed by atoms with Crippen LogP contribution in [0.4, 0.5) is 4.39 Å². The molecule has 1 aromatic heterocycles. The van der Waals surface area contributed by atoms with E-state index in [0.29, 0.717) is 23.1 Å². The van der Waals surface area contributed by atoms with Crippen LogP contribution in [0.3, 0.4) is 0 Å². The minimum atomic E-state index is -0.494. The first-order valence-corrected chi connectivity index (χ1v) is 6.12. The molecule has 0 aliphatic heterocycles. The van der Waals surface area contributed by atoms with Crippen molar-refractivity contribution in [2.75, 3.05) is 6.54 Å². The van der Waals surface area contributed by atoms with Gasteiger partial charge in [-0.15, -0.1) is 0 Å². The number of rotatable bonds is 3. The van der Waals surface area contributed by atoms with E-state index in [0.717, 1.165) is 0 Å². The fourth-order valence-corrected chi connectivity index (χ4v) is 1.96. The Bertz CT molecular complexity index is 631. The third kappa shape index (κ3) is 2.46. The number of halogens is 1. The van der Waals surface area contributed by atoms with E-state index < -0.39 is 5.54 Å². The maximum absolute atomic E-state index is 13.7. The zero-order valence-corrected chi connectivity index (χ0v) is 11.3. The third-order valence-corrected chi connectivity index (χ3v) is 3.23. The molecule has 5 heteroatoms. The fourth-order valence-electron chi connectivity index (χ4n) is 1.96. The first kappa shape index (κ1) is 13.5. The highest BCUT2D eigenvalue weighted by atomic mass is 19.1. The Morgan fingerprint density at radius 3 is 2.74 bits per heavy atom. The van der Waals surface area contributed by atoms with Crippen LogP contribution in [0.25, 0.3) is 10.9 Å². The highest BCUT2D eigenvalue weighted by Crippen LogP contribution is 2.21. The van der Waals surface area contributed by atoms with E-state index in [1.165, 1.54) is 6.07 Å². The Morgan fingerprint density at radius 2 is 2.16 bits per heavy atom. The van der Waals surface area contributed by atoms with Crippen molar-refractivity contribution in [2.45, 2.75) is 19.4 Å². The number of benzene rings is 1. The monoisotopic (exact) mass is 263 g/mol. The third-order valence-electron chi connectivity index (χ3n) is 3.23. The molecule has 2 rings (SSSR count). The molecule has 0 saturated carbocycles. The van der Waals surface area contributed by atoms with Gasteiger partial charge in [-0.25, -0.2) is 4.39 Å². The number of aryl methyl sites for hydroxylation is 1. The Hall–Kier alpha value is -1.88. The van der Waals surface area contributed by atoms with Crippen molar-refractivity contribution in [1.29, 1.82) is 0 Å². The predicted octanol–water partition coefficient (Wildman–Crippen LogP) is 1.78. The van der Waals surface area contributed by atoms with Crippen LogP contribution in [0, 0.1) is 5.82 Å². The quantitative estimate of drug-likeness (QED) is 0.887. The second kappa shape index (κ2) is 4.66. The first-order valence-electron chi connectivity index (χ1n) is 6.12. The number of carbonyl (C=O) groups excluding carboxylic acids is 1. The summed E-state index contributed by atoms with van der Waals surface area (Å²) in [6.07, 6.45) is 0. The lowest BCUT2D eigenvalue weighted by molar-refractivity contribution is 0.0908. The SMILES string of the molecule is Cn1c(C(=O)NC(C)(C)CN)cc2c(F)cccc21. The molecule has 19 heavy (non-hydrogen) atoms. The molecule has 0 atom stereocenters. The summed E-state index contributed by atoms with van der Waals surface area (Å²) in [7, 11) is 1.74. The van der Waals surface area contributed by atoms with Gasteiger partial charge in [-0.05, 0) is 32.0 Å². The van der Waals surface area contributed by atoms with Crippen molar-refractivity contribution >= 4 is 16.8 Å². The first-order chi connectivity index (χ1) is 8.85. The molecule has 4 nitrogen and oxygen atoms in total. The predicted molar refractivity (Wildman–Crippen MR) is 73.5 cm³/mol. The number of carbonyl (C=O) groups is 1. The minimum absolute atomic E-state index is 0.256. The van der Waals surface area contributed by atoms with E-state index in [4.69, 9.17) is 5.73 Å². The largest absolute Gasteiger partial charge is 0.345 e. The van der Waals surface area contributed by atoms with Gasteiger partial charge in [-0.3, -0.25) is 4.79 Å². The van der Waals surface area contributed by atoms with Gasteiger partial charge >= 0.3 is 0 Å². The molecule has 102 valence electrons. The van der Waals surface area contributed by atoms with Crippen LogP contribution in [0.5, 0.6) is 0 Å². The average molecular weight is 263 g/mol. The Kier molecular flexibility index (Phi) is 3.32. The maximum atomic E-state index is 13.7. The lowest BCUT2D eigenvalue weighted by Gasteiger charge is -2.24. The molecule has 1 amide bonds. The van der Waals surface area contributed by atoms with Gasteiger partial charge in [0.1, 0.15) is 11.5 Å². The summed E-state index contributed by atoms with van der Waals surface area (Å²) in [5.41, 5.74) is 6.20. The summed E-state index contributed by atoms with van der Waals surface area (Å²) in [5, 5.41) is 3.28. The number of hydrogen-bond acceptors (Lipinski definition) is 2. The summed E-state index contributed by atoms with van der Waals surface area (Å²) in [6, 6.07) is 6.35. The highest BCUT2D eigenvalue weighted by Gasteiger charge is 2.22. The van der Waals surface area contributed by atoms with Crippen LogP contribution in [0.1, 0.15) is 24.3 Å². The van der Waals surface area contributed by atoms with E-state index >= 15 is 0 Å². The lowest BCUT2D eigenvalue weighted by atomic mass is 10.1. The minimum Gasteiger partial charge on any atom is -0.345 e. The highest BCUT2D eigenvalue weighted by molar-refractivity contribution is 5.99. The van der Waals surface area contributed by atoms with Gasteiger partial charge in [0.2, 0.25) is 0 Å². The van der Waals surface area contributed by atoms with E-state index in [1.54, 1.807) is 29.8 Å². The number of nitrogens with zero attached hydrogens (tertiary/aromatic N) is 1. The van der Waals surface area contributed by atoms with E-state index in [9.17, 15) is 9.18 Å². The summed E-state index contributed by atoms with van der Waals surface area (Å²) in [5.74, 6) is -0.584. The second-order valence-corrected chi connectivity index (χ2v) is 5.30. The summed E-state index contributed by atoms with van der Waals surface area (Å²) in [4.78, 5) is 12.2. The van der Waals surface area contributed by atoms with Gasteiger partial charge < -0.3 is 15.6 Å². The van der Waals surface area contributed by atoms with Crippen LogP contribution in [-0.2, 0) is 7.05 Å². The molecule has 0 unspecified atom stereocenters. The molecule has 0 aliphatic carbocycles. The zero-order valence-electron chi connectivity index (χ0n) is 11.3. The molecule has 3 N–H and O–H groups in total. The van der Waals surface area contributed by atoms with Crippen molar-refractivity contribution in [3.8, 4) is 0 Å². The number of fused-ring (bicyclic) bond motifs is 1. The maximum Gasteiger partial charge on any atom is 0.268 e. The Labute approximate surface area is 111 Å². The van der Waals surface area contributed by atoms with Crippen molar-refractivity contribution in [3.63, 3.8) is 0 Å². The molecular weight excluding hydrogens is 245 g/mol. The van der Waals surface area contributed by atoms with Crippen molar-refractivity contribution < 1.29 is 9.18 Å². The zero-order chi connectivity index (χ0) is 14.2. The van der Waals surface area contributed by atoms with Crippen LogP contribution >= 0.6 is 0 Å². The van der Waals surface area contributed by atoms with Crippen molar-refractivity contribution in [2.24, 2.45) is 12.8 Å². The lowest BCUT2D eigenvalue weighted by Crippen LogP contribution is -2.49. The van der Waals surface area contributed by atoms with E-state index in [-0.39, 0.29) is 11.7 Å². The molecule has 0 aliphatic rings. The molecule has 0 fully saturated rings. The molecule has 1 heterocycles. The van der Waals surface area contributed by atoms with Gasteiger partial charge in [-0.2, -0.15) is 0 Å². The van der Waals surface area contributed by atoms with Crippen LogP contribution in [0.2, 0.25) is 0 Å². The molecule has 0 radical (unpaired) electrons. The molecule has 0 spiro atoms. The number of nitrogens with one attached hydrogen (secondary N) is 1. The van der Waals surface area contributed by atoms with Crippen LogP contribution in [0.15, 0.2) is 24.3 Å². The van der Waals surface area contributed by atoms with Gasteiger partial charge in [0.05, 0.1) is 5.52 Å². The molecule has 0 bridgehead atoms. The number of hydrogen-bond donors (Lipinski definition) is 2. The summed E-state index contributed by atoms with van der Waals surface area (Å²) in [6.45, 7) is 4.01. The molecule has 0 saturated heterocycles. The van der Waals surface area contributed by atoms with Crippen molar-refractivity contribution in [1.82, 2.24) is 9.88 Å². The summed E-state index contributed by atoms with van der Waals surface area (Å²) >= 11 is 0. The average Bonchev–Trinajstić information content (AvgIpc) is 2.68. The topological polar surface area (TPSA) is 60.0 Å². The summed E-state index contributed by atoms with van der Waals surface area (Å²) < 4.78 is 15.4. The molecular formula is C14H18FN3O. The van der Waals surface area contributed by atoms with Crippen molar-refractivity contribution in [3.05, 3.63) is 35.8 Å². The van der Waals surface area contributed by atoms with Crippen LogP contribution in [-0.4, -0.2) is 22.6 Å². The van der Waals surface area contributed by atoms with Crippen LogP contribution < -0.4 is 11.1 Å². The van der Waals surface area contributed by atoms with E-state index in [2.05, 4.69) is 5.32 Å². The number of nitrogens with two attached hydrogens (primary N) is 1. The van der Waals surface area contributed by atoms with Gasteiger partial charge in [0, 0.05) is 24.5 Å². The number of aromatic nitrogens is 1. The Morgan fingerprint density at radius 1 is 1.47 bits per heavy atom. The standard InChI is InChI=1S/C14H18FN3O/c1-14(2,8-16)17-13(19)12-7-9-10(15)5-4-6-11(9)18(12)3/h4-7H,8,16H2,1-3H3,(H,17,19). The number of amides is 1. The fraction of sp³-hybridized carbons (Fsp3) is 0.357. The van der Waals surface area contributed by atoms with Gasteiger partial charge in [-0.1, -0.05) is 6.07 Å². The molecule has 2 aromatic rings. The second-order valence-electron chi connectivity index (χ2n) is 5.30. The normalized spacial score (nSPS) is 11.8. The van der Waals surface area contributed by atoms with E-state index in [1.807, 2.05) is 13.8 Å².